The summed E-state index contributed by atoms with van der Waals surface area (Å²) in [5.41, 5.74) is 6.08. The van der Waals surface area contributed by atoms with Crippen LogP contribution in [-0.2, 0) is 9.59 Å². The summed E-state index contributed by atoms with van der Waals surface area (Å²) >= 11 is 5.75. The summed E-state index contributed by atoms with van der Waals surface area (Å²) in [6.45, 7) is 0. The number of anilines is 1. The molecule has 0 aliphatic heterocycles. The first kappa shape index (κ1) is 13.5. The molecule has 0 aliphatic carbocycles. The van der Waals surface area contributed by atoms with Gasteiger partial charge in [0.25, 0.3) is 0 Å². The number of benzene rings is 1. The summed E-state index contributed by atoms with van der Waals surface area (Å²) in [5.74, 6) is -1.40. The molecule has 5 nitrogen and oxygen atoms in total. The van der Waals surface area contributed by atoms with Crippen LogP contribution in [0, 0.1) is 0 Å². The standard InChI is InChI=1S/C11H13ClN2O3/c12-7-2-1-3-8(6-7)14-11(17)9(13)4-5-10(15)16/h1-3,6,9H,4-5,13H2,(H,14,17)(H,15,16). The van der Waals surface area contributed by atoms with Crippen LogP contribution >= 0.6 is 11.6 Å². The van der Waals surface area contributed by atoms with Crippen molar-refractivity contribution in [3.63, 3.8) is 0 Å². The van der Waals surface area contributed by atoms with E-state index in [1.54, 1.807) is 24.3 Å². The van der Waals surface area contributed by atoms with E-state index in [0.29, 0.717) is 10.7 Å². The molecule has 0 fully saturated rings. The Kier molecular flexibility index (Phi) is 4.93. The van der Waals surface area contributed by atoms with Crippen molar-refractivity contribution in [3.05, 3.63) is 29.3 Å². The van der Waals surface area contributed by atoms with Crippen molar-refractivity contribution in [2.45, 2.75) is 18.9 Å². The molecule has 1 unspecified atom stereocenters. The molecular weight excluding hydrogens is 244 g/mol. The highest BCUT2D eigenvalue weighted by molar-refractivity contribution is 6.30. The van der Waals surface area contributed by atoms with Gasteiger partial charge in [-0.25, -0.2) is 0 Å². The van der Waals surface area contributed by atoms with Gasteiger partial charge in [0, 0.05) is 17.1 Å². The molecule has 1 amide bonds. The smallest absolute Gasteiger partial charge is 0.303 e. The van der Waals surface area contributed by atoms with E-state index in [1.807, 2.05) is 0 Å². The van der Waals surface area contributed by atoms with E-state index < -0.39 is 17.9 Å². The van der Waals surface area contributed by atoms with E-state index in [4.69, 9.17) is 22.4 Å². The van der Waals surface area contributed by atoms with Crippen molar-refractivity contribution in [2.24, 2.45) is 5.73 Å². The zero-order chi connectivity index (χ0) is 12.8. The summed E-state index contributed by atoms with van der Waals surface area (Å²) < 4.78 is 0. The molecule has 0 spiro atoms. The summed E-state index contributed by atoms with van der Waals surface area (Å²) in [5, 5.41) is 11.5. The molecule has 17 heavy (non-hydrogen) atoms. The highest BCUT2D eigenvalue weighted by atomic mass is 35.5. The Bertz CT molecular complexity index is 423. The van der Waals surface area contributed by atoms with E-state index in [9.17, 15) is 9.59 Å². The third-order valence-corrected chi connectivity index (χ3v) is 2.33. The van der Waals surface area contributed by atoms with Crippen LogP contribution in [0.4, 0.5) is 5.69 Å². The second kappa shape index (κ2) is 6.22. The molecule has 0 saturated heterocycles. The molecule has 1 aromatic carbocycles. The molecular formula is C11H13ClN2O3. The number of carbonyl (C=O) groups is 2. The number of carboxylic acids is 1. The van der Waals surface area contributed by atoms with Gasteiger partial charge < -0.3 is 16.2 Å². The Hall–Kier alpha value is -1.59. The second-order valence-electron chi connectivity index (χ2n) is 3.54. The normalized spacial score (nSPS) is 11.9. The Morgan fingerprint density at radius 2 is 2.18 bits per heavy atom. The molecule has 1 aromatic rings. The van der Waals surface area contributed by atoms with Crippen LogP contribution in [-0.4, -0.2) is 23.0 Å². The van der Waals surface area contributed by atoms with Crippen molar-refractivity contribution in [1.29, 1.82) is 0 Å². The average molecular weight is 257 g/mol. The van der Waals surface area contributed by atoms with Crippen LogP contribution in [0.2, 0.25) is 5.02 Å². The minimum absolute atomic E-state index is 0.0989. The number of carbonyl (C=O) groups excluding carboxylic acids is 1. The molecule has 1 rings (SSSR count). The summed E-state index contributed by atoms with van der Waals surface area (Å²) in [6.07, 6.45) is -0.0358. The molecule has 0 bridgehead atoms. The Morgan fingerprint density at radius 3 is 2.76 bits per heavy atom. The Labute approximate surface area is 104 Å². The Morgan fingerprint density at radius 1 is 1.47 bits per heavy atom. The number of nitrogens with two attached hydrogens (primary N) is 1. The lowest BCUT2D eigenvalue weighted by Gasteiger charge is -2.11. The van der Waals surface area contributed by atoms with Crippen molar-refractivity contribution in [3.8, 4) is 0 Å². The van der Waals surface area contributed by atoms with Gasteiger partial charge >= 0.3 is 5.97 Å². The molecule has 0 saturated carbocycles. The monoisotopic (exact) mass is 256 g/mol. The van der Waals surface area contributed by atoms with Gasteiger partial charge in [0.15, 0.2) is 0 Å². The summed E-state index contributed by atoms with van der Waals surface area (Å²) in [4.78, 5) is 21.9. The van der Waals surface area contributed by atoms with Crippen LogP contribution in [0.5, 0.6) is 0 Å². The third kappa shape index (κ3) is 4.84. The van der Waals surface area contributed by atoms with E-state index in [2.05, 4.69) is 5.32 Å². The molecule has 0 heterocycles. The molecule has 0 radical (unpaired) electrons. The van der Waals surface area contributed by atoms with E-state index >= 15 is 0 Å². The molecule has 1 atom stereocenters. The van der Waals surface area contributed by atoms with Gasteiger partial charge in [0.05, 0.1) is 6.04 Å². The first-order chi connectivity index (χ1) is 7.99. The van der Waals surface area contributed by atoms with Gasteiger partial charge in [-0.15, -0.1) is 0 Å². The van der Waals surface area contributed by atoms with Crippen LogP contribution in [0.15, 0.2) is 24.3 Å². The summed E-state index contributed by atoms with van der Waals surface area (Å²) in [6, 6.07) is 5.80. The maximum atomic E-state index is 11.6. The second-order valence-corrected chi connectivity index (χ2v) is 3.97. The van der Waals surface area contributed by atoms with Gasteiger partial charge in [0.2, 0.25) is 5.91 Å². The number of carboxylic acid groups (broad SMARTS) is 1. The number of halogens is 1. The summed E-state index contributed by atoms with van der Waals surface area (Å²) in [7, 11) is 0. The van der Waals surface area contributed by atoms with Crippen molar-refractivity contribution in [2.75, 3.05) is 5.32 Å². The lowest BCUT2D eigenvalue weighted by molar-refractivity contribution is -0.137. The fraction of sp³-hybridized carbons (Fsp3) is 0.273. The maximum Gasteiger partial charge on any atom is 0.303 e. The molecule has 92 valence electrons. The molecule has 0 aliphatic rings. The van der Waals surface area contributed by atoms with Crippen LogP contribution in [0.25, 0.3) is 0 Å². The third-order valence-electron chi connectivity index (χ3n) is 2.10. The lowest BCUT2D eigenvalue weighted by Crippen LogP contribution is -2.36. The number of hydrogen-bond donors (Lipinski definition) is 3. The first-order valence-electron chi connectivity index (χ1n) is 5.03. The average Bonchev–Trinajstić information content (AvgIpc) is 2.25. The lowest BCUT2D eigenvalue weighted by atomic mass is 10.1. The SMILES string of the molecule is NC(CCC(=O)O)C(=O)Nc1cccc(Cl)c1. The first-order valence-corrected chi connectivity index (χ1v) is 5.40. The predicted octanol–water partition coefficient (Wildman–Crippen LogP) is 1.47. The fourth-order valence-electron chi connectivity index (χ4n) is 1.21. The zero-order valence-electron chi connectivity index (χ0n) is 9.02. The fourth-order valence-corrected chi connectivity index (χ4v) is 1.40. The van der Waals surface area contributed by atoms with Crippen LogP contribution in [0.1, 0.15) is 12.8 Å². The van der Waals surface area contributed by atoms with Gasteiger partial charge in [0.1, 0.15) is 0 Å². The quantitative estimate of drug-likeness (QED) is 0.744. The zero-order valence-corrected chi connectivity index (χ0v) is 9.78. The van der Waals surface area contributed by atoms with Gasteiger partial charge in [-0.1, -0.05) is 17.7 Å². The number of nitrogens with one attached hydrogen (secondary N) is 1. The number of amides is 1. The highest BCUT2D eigenvalue weighted by Gasteiger charge is 2.14. The van der Waals surface area contributed by atoms with Crippen molar-refractivity contribution >= 4 is 29.2 Å². The maximum absolute atomic E-state index is 11.6. The topological polar surface area (TPSA) is 92.4 Å². The van der Waals surface area contributed by atoms with E-state index in [-0.39, 0.29) is 12.8 Å². The van der Waals surface area contributed by atoms with Gasteiger partial charge in [-0.05, 0) is 24.6 Å². The molecule has 6 heteroatoms. The van der Waals surface area contributed by atoms with Crippen LogP contribution in [0.3, 0.4) is 0 Å². The highest BCUT2D eigenvalue weighted by Crippen LogP contribution is 2.15. The number of hydrogen-bond acceptors (Lipinski definition) is 3. The molecule has 4 N–H and O–H groups in total. The van der Waals surface area contributed by atoms with E-state index in [1.165, 1.54) is 0 Å². The van der Waals surface area contributed by atoms with Crippen LogP contribution < -0.4 is 11.1 Å². The van der Waals surface area contributed by atoms with Gasteiger partial charge in [-0.2, -0.15) is 0 Å². The largest absolute Gasteiger partial charge is 0.481 e. The van der Waals surface area contributed by atoms with Gasteiger partial charge in [-0.3, -0.25) is 9.59 Å². The number of aliphatic carboxylic acids is 1. The Balaban J connectivity index is 2.51. The van der Waals surface area contributed by atoms with E-state index in [0.717, 1.165) is 0 Å². The minimum Gasteiger partial charge on any atom is -0.481 e. The number of rotatable bonds is 5. The molecule has 0 aromatic heterocycles. The minimum atomic E-state index is -0.976. The predicted molar refractivity (Wildman–Crippen MR) is 64.9 cm³/mol. The van der Waals surface area contributed by atoms with Crippen molar-refractivity contribution < 1.29 is 14.7 Å². The van der Waals surface area contributed by atoms with Crippen molar-refractivity contribution in [1.82, 2.24) is 0 Å².